The molecule has 0 aromatic carbocycles. The SMILES string of the molecule is CCC(C)(CC(C)(C)SC)C(=N)N. The van der Waals surface area contributed by atoms with Crippen molar-refractivity contribution in [3.63, 3.8) is 0 Å². The van der Waals surface area contributed by atoms with Crippen LogP contribution in [0.1, 0.15) is 40.5 Å². The molecular weight excluding hydrogens is 180 g/mol. The molecule has 0 aliphatic carbocycles. The summed E-state index contributed by atoms with van der Waals surface area (Å²) in [7, 11) is 0. The fourth-order valence-corrected chi connectivity index (χ4v) is 1.89. The van der Waals surface area contributed by atoms with Gasteiger partial charge in [0, 0.05) is 10.2 Å². The maximum absolute atomic E-state index is 7.57. The minimum absolute atomic E-state index is 0.132. The average Bonchev–Trinajstić information content (AvgIpc) is 2.03. The topological polar surface area (TPSA) is 49.9 Å². The molecule has 0 rings (SSSR count). The van der Waals surface area contributed by atoms with Gasteiger partial charge in [-0.2, -0.15) is 11.8 Å². The molecule has 0 aromatic heterocycles. The van der Waals surface area contributed by atoms with E-state index in [4.69, 9.17) is 11.1 Å². The van der Waals surface area contributed by atoms with Crippen LogP contribution in [0.5, 0.6) is 0 Å². The van der Waals surface area contributed by atoms with Gasteiger partial charge in [-0.15, -0.1) is 0 Å². The van der Waals surface area contributed by atoms with Crippen LogP contribution in [-0.2, 0) is 0 Å². The van der Waals surface area contributed by atoms with Crippen molar-refractivity contribution in [2.24, 2.45) is 11.1 Å². The lowest BCUT2D eigenvalue weighted by Gasteiger charge is -2.35. The molecule has 0 saturated carbocycles. The van der Waals surface area contributed by atoms with Crippen LogP contribution in [0.2, 0.25) is 0 Å². The fraction of sp³-hybridized carbons (Fsp3) is 0.900. The highest BCUT2D eigenvalue weighted by atomic mass is 32.2. The van der Waals surface area contributed by atoms with Crippen molar-refractivity contribution in [1.29, 1.82) is 5.41 Å². The Morgan fingerprint density at radius 2 is 1.85 bits per heavy atom. The monoisotopic (exact) mass is 202 g/mol. The first-order chi connectivity index (χ1) is 5.77. The van der Waals surface area contributed by atoms with Gasteiger partial charge in [0.1, 0.15) is 0 Å². The number of thioether (sulfide) groups is 1. The molecular formula is C10H22N2S. The summed E-state index contributed by atoms with van der Waals surface area (Å²) >= 11 is 1.83. The average molecular weight is 202 g/mol. The van der Waals surface area contributed by atoms with E-state index in [1.807, 2.05) is 11.8 Å². The Hall–Kier alpha value is -0.180. The van der Waals surface area contributed by atoms with Crippen molar-refractivity contribution in [2.45, 2.75) is 45.3 Å². The number of nitrogens with two attached hydrogens (primary N) is 1. The molecule has 1 atom stereocenters. The molecule has 2 nitrogen and oxygen atoms in total. The smallest absolute Gasteiger partial charge is 0.0966 e. The predicted molar refractivity (Wildman–Crippen MR) is 62.5 cm³/mol. The summed E-state index contributed by atoms with van der Waals surface area (Å²) in [6.07, 6.45) is 4.01. The molecule has 3 N–H and O–H groups in total. The second-order valence-corrected chi connectivity index (χ2v) is 5.98. The zero-order valence-corrected chi connectivity index (χ0v) is 10.2. The Bertz CT molecular complexity index is 189. The summed E-state index contributed by atoms with van der Waals surface area (Å²) in [6.45, 7) is 8.58. The van der Waals surface area contributed by atoms with Crippen LogP contribution in [0.4, 0.5) is 0 Å². The molecule has 0 aromatic rings. The third kappa shape index (κ3) is 3.59. The van der Waals surface area contributed by atoms with Crippen LogP contribution in [0.15, 0.2) is 0 Å². The molecule has 0 bridgehead atoms. The molecule has 0 heterocycles. The Morgan fingerprint density at radius 3 is 2.08 bits per heavy atom. The van der Waals surface area contributed by atoms with Gasteiger partial charge in [-0.3, -0.25) is 5.41 Å². The molecule has 0 spiro atoms. The van der Waals surface area contributed by atoms with Crippen LogP contribution in [0.25, 0.3) is 0 Å². The van der Waals surface area contributed by atoms with Crippen molar-refractivity contribution < 1.29 is 0 Å². The molecule has 0 aliphatic rings. The van der Waals surface area contributed by atoms with Gasteiger partial charge in [0.15, 0.2) is 0 Å². The summed E-state index contributed by atoms with van der Waals surface area (Å²) in [5.74, 6) is 0.317. The van der Waals surface area contributed by atoms with Crippen LogP contribution in [0, 0.1) is 10.8 Å². The van der Waals surface area contributed by atoms with Crippen molar-refractivity contribution in [3.05, 3.63) is 0 Å². The molecule has 0 aliphatic heterocycles. The lowest BCUT2D eigenvalue weighted by atomic mass is 9.78. The van der Waals surface area contributed by atoms with Crippen LogP contribution < -0.4 is 5.73 Å². The van der Waals surface area contributed by atoms with Gasteiger partial charge in [0.25, 0.3) is 0 Å². The minimum atomic E-state index is -0.132. The first-order valence-corrected chi connectivity index (χ1v) is 5.89. The minimum Gasteiger partial charge on any atom is -0.387 e. The molecule has 0 saturated heterocycles. The second kappa shape index (κ2) is 4.36. The van der Waals surface area contributed by atoms with Gasteiger partial charge in [0.2, 0.25) is 0 Å². The van der Waals surface area contributed by atoms with Gasteiger partial charge in [0.05, 0.1) is 5.84 Å². The van der Waals surface area contributed by atoms with Gasteiger partial charge in [-0.05, 0) is 19.1 Å². The van der Waals surface area contributed by atoms with Crippen molar-refractivity contribution in [1.82, 2.24) is 0 Å². The molecule has 0 amide bonds. The fourth-order valence-electron chi connectivity index (χ4n) is 1.42. The van der Waals surface area contributed by atoms with E-state index in [2.05, 4.69) is 34.0 Å². The van der Waals surface area contributed by atoms with E-state index in [0.29, 0.717) is 5.84 Å². The number of nitrogens with one attached hydrogen (secondary N) is 1. The predicted octanol–water partition coefficient (Wildman–Crippen LogP) is 2.87. The summed E-state index contributed by atoms with van der Waals surface area (Å²) in [4.78, 5) is 0. The Kier molecular flexibility index (Phi) is 4.30. The second-order valence-electron chi connectivity index (χ2n) is 4.47. The van der Waals surface area contributed by atoms with E-state index >= 15 is 0 Å². The van der Waals surface area contributed by atoms with Gasteiger partial charge in [-0.25, -0.2) is 0 Å². The van der Waals surface area contributed by atoms with Gasteiger partial charge >= 0.3 is 0 Å². The van der Waals surface area contributed by atoms with Gasteiger partial charge < -0.3 is 5.73 Å². The summed E-state index contributed by atoms with van der Waals surface area (Å²) in [5, 5.41) is 7.57. The van der Waals surface area contributed by atoms with E-state index in [1.165, 1.54) is 0 Å². The Morgan fingerprint density at radius 1 is 1.38 bits per heavy atom. The normalized spacial score (nSPS) is 16.7. The van der Waals surface area contributed by atoms with Crippen molar-refractivity contribution in [3.8, 4) is 0 Å². The highest BCUT2D eigenvalue weighted by molar-refractivity contribution is 7.99. The first kappa shape index (κ1) is 12.8. The quantitative estimate of drug-likeness (QED) is 0.532. The lowest BCUT2D eigenvalue weighted by Crippen LogP contribution is -2.38. The third-order valence-electron chi connectivity index (χ3n) is 2.80. The zero-order chi connectivity index (χ0) is 10.7. The third-order valence-corrected chi connectivity index (χ3v) is 4.05. The molecule has 3 heteroatoms. The summed E-state index contributed by atoms with van der Waals surface area (Å²) in [5.41, 5.74) is 5.48. The van der Waals surface area contributed by atoms with E-state index < -0.39 is 0 Å². The highest BCUT2D eigenvalue weighted by Gasteiger charge is 2.33. The summed E-state index contributed by atoms with van der Waals surface area (Å²) < 4.78 is 0.205. The lowest BCUT2D eigenvalue weighted by molar-refractivity contribution is 0.366. The van der Waals surface area contributed by atoms with Crippen molar-refractivity contribution in [2.75, 3.05) is 6.26 Å². The molecule has 13 heavy (non-hydrogen) atoms. The van der Waals surface area contributed by atoms with E-state index in [-0.39, 0.29) is 10.2 Å². The van der Waals surface area contributed by atoms with Crippen molar-refractivity contribution >= 4 is 17.6 Å². The Balaban J connectivity index is 4.54. The Labute approximate surface area is 86.2 Å². The van der Waals surface area contributed by atoms with Crippen LogP contribution in [0.3, 0.4) is 0 Å². The number of hydrogen-bond acceptors (Lipinski definition) is 2. The molecule has 1 unspecified atom stereocenters. The highest BCUT2D eigenvalue weighted by Crippen LogP contribution is 2.37. The number of rotatable bonds is 5. The summed E-state index contributed by atoms with van der Waals surface area (Å²) in [6, 6.07) is 0. The zero-order valence-electron chi connectivity index (χ0n) is 9.40. The maximum Gasteiger partial charge on any atom is 0.0966 e. The molecule has 0 radical (unpaired) electrons. The van der Waals surface area contributed by atoms with E-state index in [9.17, 15) is 0 Å². The van der Waals surface area contributed by atoms with Gasteiger partial charge in [-0.1, -0.05) is 27.7 Å². The maximum atomic E-state index is 7.57. The van der Waals surface area contributed by atoms with Crippen LogP contribution in [-0.4, -0.2) is 16.8 Å². The number of hydrogen-bond donors (Lipinski definition) is 2. The molecule has 78 valence electrons. The number of amidine groups is 1. The molecule has 0 fully saturated rings. The van der Waals surface area contributed by atoms with E-state index in [1.54, 1.807) is 0 Å². The standard InChI is InChI=1S/C10H22N2S/c1-6-10(4,8(11)12)7-9(2,3)13-5/h6-7H2,1-5H3,(H3,11,12). The van der Waals surface area contributed by atoms with Crippen LogP contribution >= 0.6 is 11.8 Å². The largest absolute Gasteiger partial charge is 0.387 e. The first-order valence-electron chi connectivity index (χ1n) is 4.67. The van der Waals surface area contributed by atoms with E-state index in [0.717, 1.165) is 12.8 Å².